The highest BCUT2D eigenvalue weighted by molar-refractivity contribution is 5.94. The molecule has 0 spiro atoms. The Morgan fingerprint density at radius 1 is 1.18 bits per heavy atom. The van der Waals surface area contributed by atoms with Crippen LogP contribution >= 0.6 is 0 Å². The van der Waals surface area contributed by atoms with Crippen molar-refractivity contribution < 1.29 is 9.53 Å². The molecule has 0 saturated carbocycles. The summed E-state index contributed by atoms with van der Waals surface area (Å²) in [6.07, 6.45) is 4.06. The zero-order chi connectivity index (χ0) is 15.9. The predicted octanol–water partition coefficient (Wildman–Crippen LogP) is 2.58. The standard InChI is InChI=1S/C17H21N3O2/c1-13(2)22-15-8-6-11-19-16(15)17(21)20(3)12-9-14-7-4-5-10-18-14/h4-8,10-11,13H,9,12H2,1-3H3. The summed E-state index contributed by atoms with van der Waals surface area (Å²) in [6, 6.07) is 9.31. The molecule has 0 saturated heterocycles. The number of nitrogens with zero attached hydrogens (tertiary/aromatic N) is 3. The van der Waals surface area contributed by atoms with E-state index in [2.05, 4.69) is 9.97 Å². The third kappa shape index (κ3) is 4.28. The highest BCUT2D eigenvalue weighted by Crippen LogP contribution is 2.18. The minimum absolute atomic E-state index is 0.00502. The molecule has 0 aliphatic heterocycles. The first-order chi connectivity index (χ1) is 10.6. The summed E-state index contributed by atoms with van der Waals surface area (Å²) in [7, 11) is 1.76. The highest BCUT2D eigenvalue weighted by atomic mass is 16.5. The average Bonchev–Trinajstić information content (AvgIpc) is 2.53. The molecule has 0 unspecified atom stereocenters. The molecule has 5 nitrogen and oxygen atoms in total. The van der Waals surface area contributed by atoms with E-state index in [4.69, 9.17) is 4.74 Å². The van der Waals surface area contributed by atoms with E-state index in [9.17, 15) is 4.79 Å². The molecule has 22 heavy (non-hydrogen) atoms. The lowest BCUT2D eigenvalue weighted by molar-refractivity contribution is 0.0783. The number of hydrogen-bond acceptors (Lipinski definition) is 4. The Labute approximate surface area is 131 Å². The van der Waals surface area contributed by atoms with E-state index >= 15 is 0 Å². The number of carbonyl (C=O) groups excluding carboxylic acids is 1. The molecule has 0 fully saturated rings. The van der Waals surface area contributed by atoms with Crippen molar-refractivity contribution in [1.82, 2.24) is 14.9 Å². The maximum atomic E-state index is 12.5. The normalized spacial score (nSPS) is 10.5. The Morgan fingerprint density at radius 2 is 1.95 bits per heavy atom. The smallest absolute Gasteiger partial charge is 0.276 e. The van der Waals surface area contributed by atoms with Gasteiger partial charge >= 0.3 is 0 Å². The maximum Gasteiger partial charge on any atom is 0.276 e. The first-order valence-corrected chi connectivity index (χ1v) is 7.35. The van der Waals surface area contributed by atoms with Crippen LogP contribution in [-0.2, 0) is 6.42 Å². The number of rotatable bonds is 6. The molecule has 1 amide bonds. The largest absolute Gasteiger partial charge is 0.489 e. The van der Waals surface area contributed by atoms with Crippen molar-refractivity contribution in [3.8, 4) is 5.75 Å². The van der Waals surface area contributed by atoms with Crippen molar-refractivity contribution in [3.63, 3.8) is 0 Å². The lowest BCUT2D eigenvalue weighted by Crippen LogP contribution is -2.30. The molecule has 2 heterocycles. The Morgan fingerprint density at radius 3 is 2.64 bits per heavy atom. The van der Waals surface area contributed by atoms with E-state index in [1.807, 2.05) is 32.0 Å². The quantitative estimate of drug-likeness (QED) is 0.822. The highest BCUT2D eigenvalue weighted by Gasteiger charge is 2.18. The van der Waals surface area contributed by atoms with Crippen molar-refractivity contribution in [3.05, 3.63) is 54.1 Å². The SMILES string of the molecule is CC(C)Oc1cccnc1C(=O)N(C)CCc1ccccn1. The molecule has 2 aromatic heterocycles. The van der Waals surface area contributed by atoms with Crippen molar-refractivity contribution in [1.29, 1.82) is 0 Å². The van der Waals surface area contributed by atoms with Crippen LogP contribution in [0.2, 0.25) is 0 Å². The molecule has 5 heteroatoms. The average molecular weight is 299 g/mol. The Kier molecular flexibility index (Phi) is 5.47. The molecule has 0 aliphatic rings. The van der Waals surface area contributed by atoms with Gasteiger partial charge in [0.25, 0.3) is 5.91 Å². The first-order valence-electron chi connectivity index (χ1n) is 7.35. The summed E-state index contributed by atoms with van der Waals surface area (Å²) < 4.78 is 5.66. The van der Waals surface area contributed by atoms with Gasteiger partial charge in [0.05, 0.1) is 6.10 Å². The molecule has 2 rings (SSSR count). The third-order valence-corrected chi connectivity index (χ3v) is 3.11. The zero-order valence-electron chi connectivity index (χ0n) is 13.2. The van der Waals surface area contributed by atoms with Crippen LogP contribution in [-0.4, -0.2) is 40.5 Å². The second-order valence-electron chi connectivity index (χ2n) is 5.31. The van der Waals surface area contributed by atoms with Crippen LogP contribution in [0.4, 0.5) is 0 Å². The maximum absolute atomic E-state index is 12.5. The van der Waals surface area contributed by atoms with Gasteiger partial charge in [-0.25, -0.2) is 4.98 Å². The lowest BCUT2D eigenvalue weighted by atomic mass is 10.2. The summed E-state index contributed by atoms with van der Waals surface area (Å²) in [5.74, 6) is 0.374. The van der Waals surface area contributed by atoms with E-state index in [1.54, 1.807) is 36.5 Å². The summed E-state index contributed by atoms with van der Waals surface area (Å²) >= 11 is 0. The summed E-state index contributed by atoms with van der Waals surface area (Å²) in [5, 5.41) is 0. The van der Waals surface area contributed by atoms with Gasteiger partial charge < -0.3 is 9.64 Å². The fraction of sp³-hybridized carbons (Fsp3) is 0.353. The lowest BCUT2D eigenvalue weighted by Gasteiger charge is -2.19. The number of aromatic nitrogens is 2. The Balaban J connectivity index is 2.04. The molecule has 0 bridgehead atoms. The van der Waals surface area contributed by atoms with Gasteiger partial charge in [0, 0.05) is 38.1 Å². The third-order valence-electron chi connectivity index (χ3n) is 3.11. The Bertz CT molecular complexity index is 614. The Hall–Kier alpha value is -2.43. The van der Waals surface area contributed by atoms with E-state index in [-0.39, 0.29) is 12.0 Å². The van der Waals surface area contributed by atoms with Crippen LogP contribution < -0.4 is 4.74 Å². The molecule has 0 aromatic carbocycles. The summed E-state index contributed by atoms with van der Waals surface area (Å²) in [4.78, 5) is 22.6. The van der Waals surface area contributed by atoms with Crippen molar-refractivity contribution in [2.24, 2.45) is 0 Å². The topological polar surface area (TPSA) is 55.3 Å². The van der Waals surface area contributed by atoms with E-state index in [0.29, 0.717) is 24.4 Å². The zero-order valence-corrected chi connectivity index (χ0v) is 13.2. The molecule has 0 aliphatic carbocycles. The molecule has 0 atom stereocenters. The van der Waals surface area contributed by atoms with Crippen LogP contribution in [0, 0.1) is 0 Å². The van der Waals surface area contributed by atoms with Gasteiger partial charge in [0.15, 0.2) is 11.4 Å². The summed E-state index contributed by atoms with van der Waals surface area (Å²) in [6.45, 7) is 4.42. The molecular formula is C17H21N3O2. The molecule has 0 N–H and O–H groups in total. The molecule has 0 radical (unpaired) electrons. The minimum Gasteiger partial charge on any atom is -0.489 e. The predicted molar refractivity (Wildman–Crippen MR) is 84.9 cm³/mol. The monoisotopic (exact) mass is 299 g/mol. The minimum atomic E-state index is -0.146. The summed E-state index contributed by atoms with van der Waals surface area (Å²) in [5.41, 5.74) is 1.31. The number of amides is 1. The van der Waals surface area contributed by atoms with Gasteiger partial charge in [-0.15, -0.1) is 0 Å². The number of likely N-dealkylation sites (N-methyl/N-ethyl adjacent to an activating group) is 1. The van der Waals surface area contributed by atoms with Crippen molar-refractivity contribution in [2.45, 2.75) is 26.4 Å². The van der Waals surface area contributed by atoms with Crippen molar-refractivity contribution in [2.75, 3.05) is 13.6 Å². The number of ether oxygens (including phenoxy) is 1. The number of carbonyl (C=O) groups is 1. The van der Waals surface area contributed by atoms with Crippen LogP contribution in [0.25, 0.3) is 0 Å². The molecule has 2 aromatic rings. The second kappa shape index (κ2) is 7.54. The van der Waals surface area contributed by atoms with E-state index < -0.39 is 0 Å². The van der Waals surface area contributed by atoms with Crippen molar-refractivity contribution >= 4 is 5.91 Å². The molecular weight excluding hydrogens is 278 g/mol. The van der Waals surface area contributed by atoms with Gasteiger partial charge in [-0.2, -0.15) is 0 Å². The van der Waals surface area contributed by atoms with Gasteiger partial charge in [-0.1, -0.05) is 6.07 Å². The van der Waals surface area contributed by atoms with E-state index in [0.717, 1.165) is 5.69 Å². The van der Waals surface area contributed by atoms with Gasteiger partial charge in [0.1, 0.15) is 0 Å². The van der Waals surface area contributed by atoms with Gasteiger partial charge in [-0.05, 0) is 38.1 Å². The first kappa shape index (κ1) is 15.9. The van der Waals surface area contributed by atoms with Gasteiger partial charge in [0.2, 0.25) is 0 Å². The van der Waals surface area contributed by atoms with Crippen LogP contribution in [0.5, 0.6) is 5.75 Å². The van der Waals surface area contributed by atoms with Crippen LogP contribution in [0.1, 0.15) is 30.0 Å². The van der Waals surface area contributed by atoms with E-state index in [1.165, 1.54) is 0 Å². The molecule has 116 valence electrons. The van der Waals surface area contributed by atoms with Crippen LogP contribution in [0.3, 0.4) is 0 Å². The fourth-order valence-corrected chi connectivity index (χ4v) is 2.01. The van der Waals surface area contributed by atoms with Crippen LogP contribution in [0.15, 0.2) is 42.7 Å². The second-order valence-corrected chi connectivity index (χ2v) is 5.31. The fourth-order valence-electron chi connectivity index (χ4n) is 2.01. The number of hydrogen-bond donors (Lipinski definition) is 0. The van der Waals surface area contributed by atoms with Gasteiger partial charge in [-0.3, -0.25) is 9.78 Å². The number of pyridine rings is 2.